The van der Waals surface area contributed by atoms with Crippen LogP contribution in [0.2, 0.25) is 0 Å². The molecule has 1 aromatic carbocycles. The number of benzene rings is 1. The molecule has 1 aromatic heterocycles. The Bertz CT molecular complexity index is 482. The summed E-state index contributed by atoms with van der Waals surface area (Å²) >= 11 is 0. The summed E-state index contributed by atoms with van der Waals surface area (Å²) < 4.78 is 5.00. The molecule has 0 unspecified atom stereocenters. The van der Waals surface area contributed by atoms with Gasteiger partial charge in [-0.05, 0) is 12.1 Å². The maximum atomic E-state index is 11.6. The maximum absolute atomic E-state index is 11.6. The minimum atomic E-state index is -0.481. The van der Waals surface area contributed by atoms with Crippen LogP contribution in [0, 0.1) is 5.21 Å². The van der Waals surface area contributed by atoms with Crippen molar-refractivity contribution in [2.45, 2.75) is 0 Å². The minimum Gasteiger partial charge on any atom is -0.594 e. The fourth-order valence-corrected chi connectivity index (χ4v) is 1.13. The van der Waals surface area contributed by atoms with Crippen molar-refractivity contribution in [3.63, 3.8) is 0 Å². The molecule has 2 aromatic rings. The summed E-state index contributed by atoms with van der Waals surface area (Å²) in [5.74, 6) is -0.244. The number of nitrogens with zero attached hydrogens (tertiary/aromatic N) is 2. The molecule has 5 nitrogen and oxygen atoms in total. The Labute approximate surface area is 91.5 Å². The van der Waals surface area contributed by atoms with Crippen molar-refractivity contribution in [1.82, 2.24) is 5.10 Å². The zero-order valence-electron chi connectivity index (χ0n) is 8.24. The standard InChI is InChI=1S/C11H8N2O3/c14-11(9-4-2-1-3-5-9)16-10-6-7-13(15)12-8-10/h1-8H. The maximum Gasteiger partial charge on any atom is 0.343 e. The second-order valence-corrected chi connectivity index (χ2v) is 3.02. The molecule has 80 valence electrons. The van der Waals surface area contributed by atoms with Crippen molar-refractivity contribution < 1.29 is 14.4 Å². The molecule has 0 saturated carbocycles. The summed E-state index contributed by atoms with van der Waals surface area (Å²) in [6.45, 7) is 0. The van der Waals surface area contributed by atoms with Crippen molar-refractivity contribution in [1.29, 1.82) is 0 Å². The molecule has 0 N–H and O–H groups in total. The lowest BCUT2D eigenvalue weighted by Crippen LogP contribution is -2.29. The Morgan fingerprint density at radius 2 is 2.00 bits per heavy atom. The van der Waals surface area contributed by atoms with Gasteiger partial charge in [-0.25, -0.2) is 4.79 Å². The number of carbonyl (C=O) groups is 1. The molecule has 0 saturated heterocycles. The summed E-state index contributed by atoms with van der Waals surface area (Å²) in [6.07, 6.45) is 2.35. The molecule has 0 atom stereocenters. The molecule has 0 fully saturated rings. The van der Waals surface area contributed by atoms with Crippen LogP contribution in [0.5, 0.6) is 5.75 Å². The van der Waals surface area contributed by atoms with E-state index in [0.29, 0.717) is 10.4 Å². The van der Waals surface area contributed by atoms with Crippen LogP contribution in [0.15, 0.2) is 48.8 Å². The number of ether oxygens (including phenoxy) is 1. The quantitative estimate of drug-likeness (QED) is 0.425. The monoisotopic (exact) mass is 216 g/mol. The van der Waals surface area contributed by atoms with Crippen LogP contribution in [0.25, 0.3) is 0 Å². The van der Waals surface area contributed by atoms with Crippen LogP contribution in [0.4, 0.5) is 0 Å². The largest absolute Gasteiger partial charge is 0.594 e. The van der Waals surface area contributed by atoms with E-state index in [0.717, 1.165) is 6.20 Å². The summed E-state index contributed by atoms with van der Waals surface area (Å²) in [5, 5.41) is 14.1. The Hall–Kier alpha value is -2.43. The van der Waals surface area contributed by atoms with Gasteiger partial charge < -0.3 is 9.94 Å². The lowest BCUT2D eigenvalue weighted by molar-refractivity contribution is -0.669. The number of esters is 1. The summed E-state index contributed by atoms with van der Waals surface area (Å²) in [6, 6.07) is 9.96. The van der Waals surface area contributed by atoms with E-state index < -0.39 is 5.97 Å². The molecule has 0 spiro atoms. The van der Waals surface area contributed by atoms with Crippen LogP contribution >= 0.6 is 0 Å². The van der Waals surface area contributed by atoms with Gasteiger partial charge in [-0.3, -0.25) is 0 Å². The Kier molecular flexibility index (Phi) is 2.77. The molecule has 2 rings (SSSR count). The van der Waals surface area contributed by atoms with Gasteiger partial charge in [0.1, 0.15) is 6.20 Å². The van der Waals surface area contributed by atoms with Crippen LogP contribution in [-0.4, -0.2) is 11.1 Å². The number of carbonyl (C=O) groups excluding carboxylic acids is 1. The second kappa shape index (κ2) is 4.39. The Morgan fingerprint density at radius 1 is 1.25 bits per heavy atom. The fraction of sp³-hybridized carbons (Fsp3) is 0. The summed E-state index contributed by atoms with van der Waals surface area (Å²) in [4.78, 5) is 11.9. The molecular formula is C11H8N2O3. The number of rotatable bonds is 2. The van der Waals surface area contributed by atoms with E-state index in [9.17, 15) is 10.0 Å². The van der Waals surface area contributed by atoms with Crippen molar-refractivity contribution in [2.75, 3.05) is 0 Å². The van der Waals surface area contributed by atoms with Gasteiger partial charge in [0.15, 0.2) is 5.75 Å². The highest BCUT2D eigenvalue weighted by Gasteiger charge is 2.08. The highest BCUT2D eigenvalue weighted by Crippen LogP contribution is 2.08. The second-order valence-electron chi connectivity index (χ2n) is 3.02. The highest BCUT2D eigenvalue weighted by atomic mass is 16.5. The predicted octanol–water partition coefficient (Wildman–Crippen LogP) is 0.934. The van der Waals surface area contributed by atoms with Gasteiger partial charge in [-0.15, -0.1) is 0 Å². The van der Waals surface area contributed by atoms with Crippen LogP contribution < -0.4 is 9.58 Å². The van der Waals surface area contributed by atoms with Gasteiger partial charge >= 0.3 is 5.97 Å². The van der Waals surface area contributed by atoms with Crippen molar-refractivity contribution in [3.8, 4) is 5.75 Å². The van der Waals surface area contributed by atoms with E-state index in [1.807, 2.05) is 0 Å². The third-order valence-electron chi connectivity index (χ3n) is 1.89. The van der Waals surface area contributed by atoms with Gasteiger partial charge in [0.25, 0.3) is 0 Å². The smallest absolute Gasteiger partial charge is 0.343 e. The highest BCUT2D eigenvalue weighted by molar-refractivity contribution is 5.90. The molecule has 0 aliphatic rings. The minimum absolute atomic E-state index is 0.237. The molecule has 16 heavy (non-hydrogen) atoms. The molecule has 5 heteroatoms. The number of hydrogen-bond donors (Lipinski definition) is 0. The molecule has 0 aliphatic heterocycles. The van der Waals surface area contributed by atoms with Crippen molar-refractivity contribution in [2.24, 2.45) is 0 Å². The first-order valence-corrected chi connectivity index (χ1v) is 4.58. The molecule has 1 heterocycles. The first-order valence-electron chi connectivity index (χ1n) is 4.58. The zero-order valence-corrected chi connectivity index (χ0v) is 8.24. The van der Waals surface area contributed by atoms with Crippen molar-refractivity contribution in [3.05, 3.63) is 59.6 Å². The Morgan fingerprint density at radius 3 is 2.62 bits per heavy atom. The normalized spacial score (nSPS) is 9.75. The number of hydrogen-bond acceptors (Lipinski definition) is 4. The first-order chi connectivity index (χ1) is 7.75. The van der Waals surface area contributed by atoms with Gasteiger partial charge in [0, 0.05) is 5.10 Å². The predicted molar refractivity (Wildman–Crippen MR) is 54.6 cm³/mol. The van der Waals surface area contributed by atoms with Crippen LogP contribution in [0.1, 0.15) is 10.4 Å². The van der Waals surface area contributed by atoms with Gasteiger partial charge in [-0.1, -0.05) is 23.0 Å². The zero-order chi connectivity index (χ0) is 11.4. The van der Waals surface area contributed by atoms with Crippen LogP contribution in [-0.2, 0) is 0 Å². The van der Waals surface area contributed by atoms with E-state index in [-0.39, 0.29) is 5.75 Å². The molecule has 0 aliphatic carbocycles. The van der Waals surface area contributed by atoms with E-state index in [2.05, 4.69) is 5.10 Å². The summed E-state index contributed by atoms with van der Waals surface area (Å²) in [7, 11) is 0. The summed E-state index contributed by atoms with van der Waals surface area (Å²) in [5.41, 5.74) is 0.446. The van der Waals surface area contributed by atoms with Gasteiger partial charge in [0.05, 0.1) is 11.6 Å². The van der Waals surface area contributed by atoms with Gasteiger partial charge in [-0.2, -0.15) is 0 Å². The number of aromatic nitrogens is 2. The lowest BCUT2D eigenvalue weighted by atomic mass is 10.2. The van der Waals surface area contributed by atoms with E-state index in [1.54, 1.807) is 30.3 Å². The fourth-order valence-electron chi connectivity index (χ4n) is 1.13. The Balaban J connectivity index is 2.11. The van der Waals surface area contributed by atoms with E-state index >= 15 is 0 Å². The molecule has 0 bridgehead atoms. The molecular weight excluding hydrogens is 208 g/mol. The molecule has 0 radical (unpaired) electrons. The third kappa shape index (κ3) is 2.33. The third-order valence-corrected chi connectivity index (χ3v) is 1.89. The SMILES string of the molecule is O=C(Oc1cc[n+]([O-])nc1)c1ccccc1. The topological polar surface area (TPSA) is 66.1 Å². The average molecular weight is 216 g/mol. The average Bonchev–Trinajstić information content (AvgIpc) is 2.33. The first kappa shape index (κ1) is 10.1. The van der Waals surface area contributed by atoms with E-state index in [4.69, 9.17) is 4.74 Å². The molecule has 0 amide bonds. The lowest BCUT2D eigenvalue weighted by Gasteiger charge is -2.02. The van der Waals surface area contributed by atoms with Crippen LogP contribution in [0.3, 0.4) is 0 Å². The van der Waals surface area contributed by atoms with Crippen molar-refractivity contribution >= 4 is 5.97 Å². The van der Waals surface area contributed by atoms with Gasteiger partial charge in [0.2, 0.25) is 6.20 Å². The van der Waals surface area contributed by atoms with E-state index in [1.165, 1.54) is 12.3 Å².